The lowest BCUT2D eigenvalue weighted by atomic mass is 9.99. The van der Waals surface area contributed by atoms with E-state index in [4.69, 9.17) is 5.73 Å². The van der Waals surface area contributed by atoms with Gasteiger partial charge in [0.05, 0.1) is 6.04 Å². The van der Waals surface area contributed by atoms with Gasteiger partial charge in [-0.2, -0.15) is 0 Å². The minimum atomic E-state index is -0.208. The van der Waals surface area contributed by atoms with Crippen LogP contribution in [0, 0.1) is 5.82 Å². The smallest absolute Gasteiger partial charge is 0.123 e. The fourth-order valence-electron chi connectivity index (χ4n) is 2.55. The van der Waals surface area contributed by atoms with Gasteiger partial charge in [0.25, 0.3) is 0 Å². The van der Waals surface area contributed by atoms with Crippen LogP contribution in [-0.4, -0.2) is 17.5 Å². The Bertz CT molecular complexity index is 525. The van der Waals surface area contributed by atoms with Crippen molar-refractivity contribution in [2.75, 3.05) is 6.54 Å². The Labute approximate surface area is 124 Å². The maximum Gasteiger partial charge on any atom is 0.123 e. The number of hydrogen-bond donors (Lipinski definition) is 1. The Morgan fingerprint density at radius 1 is 1.30 bits per heavy atom. The maximum atomic E-state index is 13.5. The van der Waals surface area contributed by atoms with Gasteiger partial charge < -0.3 is 5.73 Å². The molecule has 4 heteroatoms. The Balaban J connectivity index is 2.26. The molecule has 1 aromatic carbocycles. The van der Waals surface area contributed by atoms with Gasteiger partial charge >= 0.3 is 0 Å². The van der Waals surface area contributed by atoms with Crippen LogP contribution in [0.3, 0.4) is 0 Å². The molecule has 108 valence electrons. The molecule has 0 amide bonds. The molecule has 2 N–H and O–H groups in total. The molecule has 2 nitrogen and oxygen atoms in total. The van der Waals surface area contributed by atoms with E-state index in [1.807, 2.05) is 13.0 Å². The van der Waals surface area contributed by atoms with Crippen molar-refractivity contribution in [2.24, 2.45) is 5.73 Å². The van der Waals surface area contributed by atoms with Gasteiger partial charge in [-0.05, 0) is 42.6 Å². The predicted octanol–water partition coefficient (Wildman–Crippen LogP) is 3.80. The molecule has 2 aromatic rings. The number of nitrogens with zero attached hydrogens (tertiary/aromatic N) is 1. The van der Waals surface area contributed by atoms with E-state index < -0.39 is 0 Å². The summed E-state index contributed by atoms with van der Waals surface area (Å²) in [7, 11) is 0. The van der Waals surface area contributed by atoms with E-state index in [2.05, 4.69) is 29.3 Å². The van der Waals surface area contributed by atoms with Gasteiger partial charge in [-0.15, -0.1) is 11.3 Å². The third-order valence-electron chi connectivity index (χ3n) is 3.43. The van der Waals surface area contributed by atoms with Crippen molar-refractivity contribution in [3.05, 3.63) is 58.0 Å². The van der Waals surface area contributed by atoms with E-state index in [0.717, 1.165) is 18.7 Å². The highest BCUT2D eigenvalue weighted by atomic mass is 32.1. The third kappa shape index (κ3) is 3.66. The summed E-state index contributed by atoms with van der Waals surface area (Å²) in [5.74, 6) is -0.208. The van der Waals surface area contributed by atoms with Crippen molar-refractivity contribution in [1.29, 1.82) is 0 Å². The van der Waals surface area contributed by atoms with E-state index in [-0.39, 0.29) is 17.9 Å². The molecule has 0 spiro atoms. The molecule has 2 rings (SSSR count). The van der Waals surface area contributed by atoms with Gasteiger partial charge in [0, 0.05) is 17.5 Å². The normalized spacial score (nSPS) is 14.4. The van der Waals surface area contributed by atoms with Crippen LogP contribution in [-0.2, 0) is 6.54 Å². The molecule has 0 bridgehead atoms. The van der Waals surface area contributed by atoms with E-state index in [0.29, 0.717) is 0 Å². The van der Waals surface area contributed by atoms with Crippen LogP contribution < -0.4 is 5.73 Å². The van der Waals surface area contributed by atoms with Gasteiger partial charge in [-0.1, -0.05) is 25.1 Å². The number of thiophene rings is 1. The average Bonchev–Trinajstić information content (AvgIpc) is 2.90. The molecule has 0 aliphatic rings. The molecular formula is C16H21FN2S. The van der Waals surface area contributed by atoms with Gasteiger partial charge in [0.1, 0.15) is 5.82 Å². The minimum absolute atomic E-state index is 0.0257. The monoisotopic (exact) mass is 292 g/mol. The molecule has 0 aliphatic carbocycles. The summed E-state index contributed by atoms with van der Waals surface area (Å²) in [6, 6.07) is 10.9. The van der Waals surface area contributed by atoms with Crippen LogP contribution in [0.2, 0.25) is 0 Å². The summed E-state index contributed by atoms with van der Waals surface area (Å²) in [5, 5.41) is 2.08. The van der Waals surface area contributed by atoms with Crippen LogP contribution in [0.5, 0.6) is 0 Å². The molecular weight excluding hydrogens is 271 g/mol. The van der Waals surface area contributed by atoms with Gasteiger partial charge in [-0.3, -0.25) is 4.90 Å². The summed E-state index contributed by atoms with van der Waals surface area (Å²) < 4.78 is 13.5. The Morgan fingerprint density at radius 2 is 2.10 bits per heavy atom. The number of benzene rings is 1. The molecule has 0 fully saturated rings. The number of nitrogens with two attached hydrogens (primary N) is 1. The van der Waals surface area contributed by atoms with Gasteiger partial charge in [0.15, 0.2) is 0 Å². The van der Waals surface area contributed by atoms with Crippen molar-refractivity contribution >= 4 is 11.3 Å². The molecule has 0 saturated heterocycles. The second-order valence-electron chi connectivity index (χ2n) is 5.00. The lowest BCUT2D eigenvalue weighted by Crippen LogP contribution is -2.39. The number of rotatable bonds is 6. The zero-order valence-electron chi connectivity index (χ0n) is 11.9. The fraction of sp³-hybridized carbons (Fsp3) is 0.375. The Hall–Kier alpha value is -1.23. The third-order valence-corrected chi connectivity index (χ3v) is 4.29. The van der Waals surface area contributed by atoms with Crippen LogP contribution in [0.4, 0.5) is 4.39 Å². The molecule has 20 heavy (non-hydrogen) atoms. The molecule has 1 aromatic heterocycles. The van der Waals surface area contributed by atoms with Gasteiger partial charge in [-0.25, -0.2) is 4.39 Å². The maximum absolute atomic E-state index is 13.5. The van der Waals surface area contributed by atoms with E-state index in [1.165, 1.54) is 10.9 Å². The Kier molecular flexibility index (Phi) is 5.29. The van der Waals surface area contributed by atoms with E-state index >= 15 is 0 Å². The van der Waals surface area contributed by atoms with Crippen molar-refractivity contribution in [3.63, 3.8) is 0 Å². The summed E-state index contributed by atoms with van der Waals surface area (Å²) in [6.45, 7) is 5.81. The number of likely N-dealkylation sites (N-methyl/N-ethyl adjacent to an activating group) is 1. The highest BCUT2D eigenvalue weighted by molar-refractivity contribution is 7.09. The predicted molar refractivity (Wildman–Crippen MR) is 83.2 cm³/mol. The van der Waals surface area contributed by atoms with Crippen LogP contribution in [0.15, 0.2) is 41.8 Å². The lowest BCUT2D eigenvalue weighted by molar-refractivity contribution is 0.178. The number of halogens is 1. The molecule has 2 atom stereocenters. The average molecular weight is 292 g/mol. The summed E-state index contributed by atoms with van der Waals surface area (Å²) in [6.07, 6.45) is 0. The molecule has 0 saturated carbocycles. The summed E-state index contributed by atoms with van der Waals surface area (Å²) in [4.78, 5) is 3.60. The van der Waals surface area contributed by atoms with Crippen molar-refractivity contribution < 1.29 is 4.39 Å². The quantitative estimate of drug-likeness (QED) is 0.877. The van der Waals surface area contributed by atoms with Crippen molar-refractivity contribution in [2.45, 2.75) is 32.5 Å². The first-order valence-corrected chi connectivity index (χ1v) is 7.77. The van der Waals surface area contributed by atoms with E-state index in [9.17, 15) is 4.39 Å². The first kappa shape index (κ1) is 15.2. The van der Waals surface area contributed by atoms with Crippen molar-refractivity contribution in [3.8, 4) is 0 Å². The SMILES string of the molecule is CCN(Cc1cccs1)C(c1cccc(F)c1)C(C)N. The van der Waals surface area contributed by atoms with Crippen LogP contribution >= 0.6 is 11.3 Å². The van der Waals surface area contributed by atoms with Crippen molar-refractivity contribution in [1.82, 2.24) is 4.90 Å². The van der Waals surface area contributed by atoms with E-state index in [1.54, 1.807) is 23.5 Å². The Morgan fingerprint density at radius 3 is 2.65 bits per heavy atom. The van der Waals surface area contributed by atoms with Gasteiger partial charge in [0.2, 0.25) is 0 Å². The summed E-state index contributed by atoms with van der Waals surface area (Å²) >= 11 is 1.74. The second-order valence-corrected chi connectivity index (χ2v) is 6.03. The molecule has 2 unspecified atom stereocenters. The minimum Gasteiger partial charge on any atom is -0.326 e. The standard InChI is InChI=1S/C16H21FN2S/c1-3-19(11-15-8-5-9-20-15)16(12(2)18)13-6-4-7-14(17)10-13/h4-10,12,16H,3,11,18H2,1-2H3. The lowest BCUT2D eigenvalue weighted by Gasteiger charge is -2.33. The van der Waals surface area contributed by atoms with Crippen LogP contribution in [0.1, 0.15) is 30.3 Å². The molecule has 1 heterocycles. The first-order chi connectivity index (χ1) is 9.61. The molecule has 0 aliphatic heterocycles. The highest BCUT2D eigenvalue weighted by Gasteiger charge is 2.23. The largest absolute Gasteiger partial charge is 0.326 e. The zero-order chi connectivity index (χ0) is 14.5. The zero-order valence-corrected chi connectivity index (χ0v) is 12.7. The number of hydrogen-bond acceptors (Lipinski definition) is 3. The first-order valence-electron chi connectivity index (χ1n) is 6.89. The highest BCUT2D eigenvalue weighted by Crippen LogP contribution is 2.26. The topological polar surface area (TPSA) is 29.3 Å². The van der Waals surface area contributed by atoms with Crippen LogP contribution in [0.25, 0.3) is 0 Å². The second kappa shape index (κ2) is 6.97. The molecule has 0 radical (unpaired) electrons. The summed E-state index contributed by atoms with van der Waals surface area (Å²) in [5.41, 5.74) is 7.11. The fourth-order valence-corrected chi connectivity index (χ4v) is 3.28.